The summed E-state index contributed by atoms with van der Waals surface area (Å²) in [7, 11) is -1.08. The average Bonchev–Trinajstić information content (AvgIpc) is 1.83. The van der Waals surface area contributed by atoms with Crippen LogP contribution in [0.5, 0.6) is 0 Å². The molecule has 12 heavy (non-hydrogen) atoms. The fraction of sp³-hybridized carbons (Fsp3) is 1.00. The summed E-state index contributed by atoms with van der Waals surface area (Å²) in [5.74, 6) is 0.750. The molecule has 74 valence electrons. The lowest BCUT2D eigenvalue weighted by molar-refractivity contribution is 0.566. The third kappa shape index (κ3) is 5.55. The van der Waals surface area contributed by atoms with Gasteiger partial charge in [0.1, 0.15) is 0 Å². The first kappa shape index (κ1) is 11.9. The van der Waals surface area contributed by atoms with Gasteiger partial charge in [0.05, 0.1) is 11.5 Å². The van der Waals surface area contributed by atoms with Crippen LogP contribution in [0.1, 0.15) is 20.8 Å². The largest absolute Gasteiger partial charge is 0.316 e. The van der Waals surface area contributed by atoms with Crippen LogP contribution in [0.3, 0.4) is 0 Å². The molecule has 4 heteroatoms. The van der Waals surface area contributed by atoms with E-state index < -0.39 is 9.84 Å². The van der Waals surface area contributed by atoms with Crippen molar-refractivity contribution in [2.24, 2.45) is 5.92 Å². The molecule has 0 aromatic rings. The zero-order valence-electron chi connectivity index (χ0n) is 8.29. The van der Waals surface area contributed by atoms with Crippen molar-refractivity contribution in [3.05, 3.63) is 0 Å². The van der Waals surface area contributed by atoms with E-state index in [1.54, 1.807) is 7.05 Å². The Labute approximate surface area is 75.5 Å². The number of hydrogen-bond donors (Lipinski definition) is 1. The average molecular weight is 193 g/mol. The van der Waals surface area contributed by atoms with Gasteiger partial charge in [-0.25, -0.2) is 8.42 Å². The first-order chi connectivity index (χ1) is 5.37. The maximum Gasteiger partial charge on any atom is 0.152 e. The first-order valence-electron chi connectivity index (χ1n) is 4.25. The molecule has 0 radical (unpaired) electrons. The van der Waals surface area contributed by atoms with Gasteiger partial charge in [0, 0.05) is 6.04 Å². The van der Waals surface area contributed by atoms with E-state index in [1.807, 2.05) is 20.8 Å². The molecular weight excluding hydrogens is 174 g/mol. The molecule has 3 nitrogen and oxygen atoms in total. The van der Waals surface area contributed by atoms with Crippen molar-refractivity contribution in [1.29, 1.82) is 0 Å². The van der Waals surface area contributed by atoms with Gasteiger partial charge in [-0.05, 0) is 19.9 Å². The van der Waals surface area contributed by atoms with Crippen LogP contribution < -0.4 is 5.32 Å². The summed E-state index contributed by atoms with van der Waals surface area (Å²) in [5, 5.41) is 2.92. The third-order valence-corrected chi connectivity index (χ3v) is 3.77. The Morgan fingerprint density at radius 3 is 2.00 bits per heavy atom. The molecule has 0 heterocycles. The molecule has 0 aliphatic carbocycles. The molecule has 0 aliphatic rings. The monoisotopic (exact) mass is 193 g/mol. The second kappa shape index (κ2) is 4.82. The molecule has 0 rings (SSSR count). The van der Waals surface area contributed by atoms with Crippen molar-refractivity contribution in [3.8, 4) is 0 Å². The van der Waals surface area contributed by atoms with Crippen LogP contribution in [-0.4, -0.2) is 33.0 Å². The summed E-state index contributed by atoms with van der Waals surface area (Å²) in [6, 6.07) is 0.0498. The number of nitrogens with one attached hydrogen (secondary N) is 1. The molecule has 0 saturated carbocycles. The van der Waals surface area contributed by atoms with E-state index >= 15 is 0 Å². The van der Waals surface area contributed by atoms with E-state index in [0.717, 1.165) is 0 Å². The van der Waals surface area contributed by atoms with Crippen molar-refractivity contribution in [2.45, 2.75) is 26.8 Å². The fourth-order valence-corrected chi connectivity index (χ4v) is 3.12. The van der Waals surface area contributed by atoms with E-state index in [4.69, 9.17) is 0 Å². The molecule has 0 bridgehead atoms. The van der Waals surface area contributed by atoms with Crippen LogP contribution in [0.4, 0.5) is 0 Å². The summed E-state index contributed by atoms with van der Waals surface area (Å²) >= 11 is 0. The van der Waals surface area contributed by atoms with Crippen LogP contribution in [0.25, 0.3) is 0 Å². The third-order valence-electron chi connectivity index (χ3n) is 1.58. The summed E-state index contributed by atoms with van der Waals surface area (Å²) in [5.41, 5.74) is 0. The van der Waals surface area contributed by atoms with E-state index in [-0.39, 0.29) is 17.7 Å². The Morgan fingerprint density at radius 1 is 1.17 bits per heavy atom. The van der Waals surface area contributed by atoms with E-state index in [2.05, 4.69) is 5.32 Å². The minimum Gasteiger partial charge on any atom is -0.316 e. The van der Waals surface area contributed by atoms with Gasteiger partial charge >= 0.3 is 0 Å². The van der Waals surface area contributed by atoms with Crippen LogP contribution >= 0.6 is 0 Å². The van der Waals surface area contributed by atoms with Gasteiger partial charge in [-0.1, -0.05) is 13.8 Å². The molecule has 0 aromatic carbocycles. The van der Waals surface area contributed by atoms with Crippen LogP contribution in [-0.2, 0) is 9.84 Å². The Morgan fingerprint density at radius 2 is 1.67 bits per heavy atom. The molecule has 0 amide bonds. The molecule has 1 atom stereocenters. The number of hydrogen-bond acceptors (Lipinski definition) is 3. The van der Waals surface area contributed by atoms with Crippen molar-refractivity contribution < 1.29 is 8.42 Å². The highest BCUT2D eigenvalue weighted by molar-refractivity contribution is 7.91. The lowest BCUT2D eigenvalue weighted by Crippen LogP contribution is -2.31. The summed E-state index contributed by atoms with van der Waals surface area (Å²) in [4.78, 5) is 0. The maximum absolute atomic E-state index is 11.4. The Bertz CT molecular complexity index is 209. The van der Waals surface area contributed by atoms with Crippen LogP contribution in [0.2, 0.25) is 0 Å². The highest BCUT2D eigenvalue weighted by Crippen LogP contribution is 2.02. The van der Waals surface area contributed by atoms with Crippen molar-refractivity contribution in [2.75, 3.05) is 18.6 Å². The van der Waals surface area contributed by atoms with Gasteiger partial charge < -0.3 is 5.32 Å². The highest BCUT2D eigenvalue weighted by atomic mass is 32.2. The molecule has 1 N–H and O–H groups in total. The second-order valence-corrected chi connectivity index (χ2v) is 5.81. The van der Waals surface area contributed by atoms with Crippen molar-refractivity contribution in [3.63, 3.8) is 0 Å². The molecular formula is C8H19NO2S. The van der Waals surface area contributed by atoms with Crippen molar-refractivity contribution in [1.82, 2.24) is 5.32 Å². The fourth-order valence-electron chi connectivity index (χ4n) is 1.04. The highest BCUT2D eigenvalue weighted by Gasteiger charge is 2.15. The van der Waals surface area contributed by atoms with Gasteiger partial charge in [0.25, 0.3) is 0 Å². The predicted molar refractivity (Wildman–Crippen MR) is 52.0 cm³/mol. The van der Waals surface area contributed by atoms with Crippen molar-refractivity contribution >= 4 is 9.84 Å². The molecule has 1 unspecified atom stereocenters. The number of sulfone groups is 1. The molecule has 0 aliphatic heterocycles. The smallest absolute Gasteiger partial charge is 0.152 e. The van der Waals surface area contributed by atoms with Gasteiger partial charge in [-0.3, -0.25) is 0 Å². The van der Waals surface area contributed by atoms with Crippen LogP contribution in [0.15, 0.2) is 0 Å². The Balaban J connectivity index is 4.05. The summed E-state index contributed by atoms with van der Waals surface area (Å²) < 4.78 is 22.7. The minimum atomic E-state index is -2.85. The molecule has 0 saturated heterocycles. The van der Waals surface area contributed by atoms with Gasteiger partial charge in [-0.2, -0.15) is 0 Å². The lowest BCUT2D eigenvalue weighted by atomic mass is 10.3. The zero-order chi connectivity index (χ0) is 9.78. The van der Waals surface area contributed by atoms with E-state index in [9.17, 15) is 8.42 Å². The summed E-state index contributed by atoms with van der Waals surface area (Å²) in [6.45, 7) is 5.71. The second-order valence-electron chi connectivity index (χ2n) is 3.66. The lowest BCUT2D eigenvalue weighted by Gasteiger charge is -2.11. The standard InChI is InChI=1S/C8H19NO2S/c1-7(2)5-12(10,11)6-8(3)9-4/h7-9H,5-6H2,1-4H3. The summed E-state index contributed by atoms with van der Waals surface area (Å²) in [6.07, 6.45) is 0. The van der Waals surface area contributed by atoms with Gasteiger partial charge in [0.2, 0.25) is 0 Å². The minimum absolute atomic E-state index is 0.0498. The predicted octanol–water partition coefficient (Wildman–Crippen LogP) is 0.665. The normalized spacial score (nSPS) is 15.1. The number of rotatable bonds is 5. The van der Waals surface area contributed by atoms with E-state index in [0.29, 0.717) is 5.75 Å². The Kier molecular flexibility index (Phi) is 4.78. The molecule has 0 spiro atoms. The van der Waals surface area contributed by atoms with Crippen LogP contribution in [0, 0.1) is 5.92 Å². The van der Waals surface area contributed by atoms with Gasteiger partial charge in [0.15, 0.2) is 9.84 Å². The maximum atomic E-state index is 11.4. The van der Waals surface area contributed by atoms with Gasteiger partial charge in [-0.15, -0.1) is 0 Å². The SMILES string of the molecule is CNC(C)CS(=O)(=O)CC(C)C. The van der Waals surface area contributed by atoms with E-state index in [1.165, 1.54) is 0 Å². The molecule has 0 fully saturated rings. The zero-order valence-corrected chi connectivity index (χ0v) is 9.11. The first-order valence-corrected chi connectivity index (χ1v) is 6.07. The topological polar surface area (TPSA) is 46.2 Å². The molecule has 0 aromatic heterocycles. The quantitative estimate of drug-likeness (QED) is 0.698. The Hall–Kier alpha value is -0.0900.